The van der Waals surface area contributed by atoms with Crippen LogP contribution in [0.2, 0.25) is 0 Å². The second-order valence-electron chi connectivity index (χ2n) is 7.33. The highest BCUT2D eigenvalue weighted by atomic mass is 35.5. The fourth-order valence-corrected chi connectivity index (χ4v) is 3.57. The van der Waals surface area contributed by atoms with E-state index < -0.39 is 0 Å². The quantitative estimate of drug-likeness (QED) is 0.668. The summed E-state index contributed by atoms with van der Waals surface area (Å²) in [5.41, 5.74) is 10.3. The van der Waals surface area contributed by atoms with Crippen molar-refractivity contribution in [2.75, 3.05) is 37.6 Å². The van der Waals surface area contributed by atoms with E-state index in [1.165, 1.54) is 11.3 Å². The van der Waals surface area contributed by atoms with Crippen LogP contribution >= 0.6 is 12.4 Å². The average molecular weight is 414 g/mol. The molecule has 2 aromatic carbocycles. The van der Waals surface area contributed by atoms with Gasteiger partial charge in [0.1, 0.15) is 0 Å². The van der Waals surface area contributed by atoms with E-state index in [0.29, 0.717) is 18.3 Å². The second kappa shape index (κ2) is 9.87. The Morgan fingerprint density at radius 3 is 2.48 bits per heavy atom. The molecule has 7 heteroatoms. The Kier molecular flexibility index (Phi) is 7.25. The third-order valence-electron chi connectivity index (χ3n) is 5.30. The van der Waals surface area contributed by atoms with E-state index in [9.17, 15) is 0 Å². The number of hydrogen-bond donors (Lipinski definition) is 1. The van der Waals surface area contributed by atoms with Gasteiger partial charge in [-0.1, -0.05) is 41.6 Å². The minimum atomic E-state index is 0. The first-order valence-electron chi connectivity index (χ1n) is 9.87. The van der Waals surface area contributed by atoms with Crippen LogP contribution in [0.5, 0.6) is 0 Å². The molecule has 154 valence electrons. The van der Waals surface area contributed by atoms with E-state index in [1.54, 1.807) is 0 Å². The van der Waals surface area contributed by atoms with Gasteiger partial charge in [0.2, 0.25) is 11.7 Å². The van der Waals surface area contributed by atoms with E-state index in [-0.39, 0.29) is 12.4 Å². The van der Waals surface area contributed by atoms with Crippen molar-refractivity contribution in [2.24, 2.45) is 5.73 Å². The van der Waals surface area contributed by atoms with E-state index in [1.807, 2.05) is 24.3 Å². The Bertz CT molecular complexity index is 904. The molecule has 0 spiro atoms. The molecule has 29 heavy (non-hydrogen) atoms. The molecule has 2 N–H and O–H groups in total. The zero-order valence-corrected chi connectivity index (χ0v) is 17.6. The lowest BCUT2D eigenvalue weighted by Crippen LogP contribution is -2.47. The largest absolute Gasteiger partial charge is 0.369 e. The minimum Gasteiger partial charge on any atom is -0.369 e. The monoisotopic (exact) mass is 413 g/mol. The molecule has 1 saturated heterocycles. The van der Waals surface area contributed by atoms with E-state index in [0.717, 1.165) is 50.3 Å². The van der Waals surface area contributed by atoms with E-state index >= 15 is 0 Å². The smallest absolute Gasteiger partial charge is 0.228 e. The highest BCUT2D eigenvalue weighted by Gasteiger charge is 2.18. The maximum atomic E-state index is 5.64. The van der Waals surface area contributed by atoms with Crippen molar-refractivity contribution in [3.8, 4) is 11.4 Å². The summed E-state index contributed by atoms with van der Waals surface area (Å²) in [5.74, 6) is 1.34. The Labute approximate surface area is 178 Å². The Balaban J connectivity index is 0.00000240. The number of aryl methyl sites for hydroxylation is 1. The first kappa shape index (κ1) is 21.3. The topological polar surface area (TPSA) is 71.4 Å². The second-order valence-corrected chi connectivity index (χ2v) is 7.33. The number of rotatable bonds is 6. The zero-order chi connectivity index (χ0) is 19.3. The Hall–Kier alpha value is -2.41. The molecule has 1 aliphatic heterocycles. The number of anilines is 1. The van der Waals surface area contributed by atoms with Crippen LogP contribution in [-0.4, -0.2) is 47.8 Å². The van der Waals surface area contributed by atoms with Gasteiger partial charge in [0.15, 0.2) is 0 Å². The normalized spacial score (nSPS) is 14.6. The van der Waals surface area contributed by atoms with E-state index in [2.05, 4.69) is 51.1 Å². The average Bonchev–Trinajstić information content (AvgIpc) is 3.22. The molecule has 1 fully saturated rings. The van der Waals surface area contributed by atoms with Crippen LogP contribution in [0, 0.1) is 6.92 Å². The molecule has 0 unspecified atom stereocenters. The summed E-state index contributed by atoms with van der Waals surface area (Å²) in [7, 11) is 0. The molecule has 2 heterocycles. The summed E-state index contributed by atoms with van der Waals surface area (Å²) in [6.07, 6.45) is 0.776. The number of halogens is 1. The number of aromatic nitrogens is 2. The number of piperazine rings is 1. The van der Waals surface area contributed by atoms with Gasteiger partial charge in [-0.3, -0.25) is 4.90 Å². The molecule has 0 saturated carbocycles. The predicted octanol–water partition coefficient (Wildman–Crippen LogP) is 3.29. The minimum absolute atomic E-state index is 0. The van der Waals surface area contributed by atoms with Gasteiger partial charge in [-0.15, -0.1) is 12.4 Å². The zero-order valence-electron chi connectivity index (χ0n) is 16.8. The van der Waals surface area contributed by atoms with Crippen LogP contribution in [0.25, 0.3) is 11.4 Å². The maximum Gasteiger partial charge on any atom is 0.228 e. The van der Waals surface area contributed by atoms with Gasteiger partial charge in [-0.25, -0.2) is 0 Å². The molecule has 3 aromatic rings. The molecule has 0 amide bonds. The maximum absolute atomic E-state index is 5.64. The van der Waals surface area contributed by atoms with Gasteiger partial charge >= 0.3 is 0 Å². The third-order valence-corrected chi connectivity index (χ3v) is 5.30. The molecular weight excluding hydrogens is 386 g/mol. The fourth-order valence-electron chi connectivity index (χ4n) is 3.57. The Morgan fingerprint density at radius 1 is 1.03 bits per heavy atom. The van der Waals surface area contributed by atoms with Crippen molar-refractivity contribution in [3.63, 3.8) is 0 Å². The SMILES string of the molecule is Cc1cccc(N2CCN(CCc3nc(-c4ccc(CN)cc4)no3)CC2)c1.Cl. The van der Waals surface area contributed by atoms with Gasteiger partial charge in [0.25, 0.3) is 0 Å². The molecule has 6 nitrogen and oxygen atoms in total. The summed E-state index contributed by atoms with van der Waals surface area (Å²) < 4.78 is 5.45. The lowest BCUT2D eigenvalue weighted by Gasteiger charge is -2.36. The lowest BCUT2D eigenvalue weighted by molar-refractivity contribution is 0.249. The highest BCUT2D eigenvalue weighted by Crippen LogP contribution is 2.19. The molecule has 0 bridgehead atoms. The van der Waals surface area contributed by atoms with Crippen LogP contribution < -0.4 is 10.6 Å². The van der Waals surface area contributed by atoms with Crippen LogP contribution in [0.1, 0.15) is 17.0 Å². The van der Waals surface area contributed by atoms with Gasteiger partial charge < -0.3 is 15.2 Å². The molecule has 0 radical (unpaired) electrons. The molecule has 0 aliphatic carbocycles. The molecule has 0 atom stereocenters. The van der Waals surface area contributed by atoms with E-state index in [4.69, 9.17) is 10.3 Å². The van der Waals surface area contributed by atoms with Crippen LogP contribution in [0.3, 0.4) is 0 Å². The summed E-state index contributed by atoms with van der Waals surface area (Å²) >= 11 is 0. The molecule has 1 aliphatic rings. The fraction of sp³-hybridized carbons (Fsp3) is 0.364. The van der Waals surface area contributed by atoms with Crippen molar-refractivity contribution in [2.45, 2.75) is 19.9 Å². The van der Waals surface area contributed by atoms with Crippen molar-refractivity contribution in [1.82, 2.24) is 15.0 Å². The third kappa shape index (κ3) is 5.35. The number of nitrogens with zero attached hydrogens (tertiary/aromatic N) is 4. The number of hydrogen-bond acceptors (Lipinski definition) is 6. The van der Waals surface area contributed by atoms with Gasteiger partial charge in [0.05, 0.1) is 0 Å². The van der Waals surface area contributed by atoms with Crippen molar-refractivity contribution >= 4 is 18.1 Å². The highest BCUT2D eigenvalue weighted by molar-refractivity contribution is 5.85. The van der Waals surface area contributed by atoms with Crippen molar-refractivity contribution in [1.29, 1.82) is 0 Å². The van der Waals surface area contributed by atoms with Crippen molar-refractivity contribution < 1.29 is 4.52 Å². The first-order chi connectivity index (χ1) is 13.7. The van der Waals surface area contributed by atoms with Gasteiger partial charge in [0, 0.05) is 56.9 Å². The number of benzene rings is 2. The summed E-state index contributed by atoms with van der Waals surface area (Å²) in [4.78, 5) is 9.47. The molecular formula is C22H28ClN5O. The van der Waals surface area contributed by atoms with Gasteiger partial charge in [-0.05, 0) is 30.2 Å². The summed E-state index contributed by atoms with van der Waals surface area (Å²) in [5, 5.41) is 4.12. The van der Waals surface area contributed by atoms with Crippen LogP contribution in [-0.2, 0) is 13.0 Å². The van der Waals surface area contributed by atoms with Crippen molar-refractivity contribution in [3.05, 3.63) is 65.5 Å². The van der Waals surface area contributed by atoms with Gasteiger partial charge in [-0.2, -0.15) is 4.98 Å². The summed E-state index contributed by atoms with van der Waals surface area (Å²) in [6, 6.07) is 16.7. The predicted molar refractivity (Wildman–Crippen MR) is 118 cm³/mol. The first-order valence-corrected chi connectivity index (χ1v) is 9.87. The molecule has 1 aromatic heterocycles. The number of nitrogens with two attached hydrogens (primary N) is 1. The van der Waals surface area contributed by atoms with Crippen LogP contribution in [0.15, 0.2) is 53.1 Å². The Morgan fingerprint density at radius 2 is 1.79 bits per heavy atom. The van der Waals surface area contributed by atoms with Crippen LogP contribution in [0.4, 0.5) is 5.69 Å². The molecule has 4 rings (SSSR count). The standard InChI is InChI=1S/C22H27N5O.ClH/c1-17-3-2-4-20(15-17)27-13-11-26(12-14-27)10-9-21-24-22(25-28-21)19-7-5-18(16-23)6-8-19;/h2-8,15H,9-14,16,23H2,1H3;1H. The lowest BCUT2D eigenvalue weighted by atomic mass is 10.1. The summed E-state index contributed by atoms with van der Waals surface area (Å²) in [6.45, 7) is 7.82.